The van der Waals surface area contributed by atoms with Crippen LogP contribution in [0, 0.1) is 5.92 Å². The Morgan fingerprint density at radius 3 is 2.88 bits per heavy atom. The van der Waals surface area contributed by atoms with E-state index >= 15 is 0 Å². The number of hydrogen-bond donors (Lipinski definition) is 3. The summed E-state index contributed by atoms with van der Waals surface area (Å²) in [6.45, 7) is 3.70. The molecule has 4 heteroatoms. The first-order valence-electron chi connectivity index (χ1n) is 5.96. The Morgan fingerprint density at radius 2 is 2.25 bits per heavy atom. The summed E-state index contributed by atoms with van der Waals surface area (Å²) in [4.78, 5) is 11.7. The molecule has 4 N–H and O–H groups in total. The zero-order valence-electron chi connectivity index (χ0n) is 9.69. The number of hydrogen-bond acceptors (Lipinski definition) is 3. The molecule has 3 atom stereocenters. The van der Waals surface area contributed by atoms with Crippen molar-refractivity contribution in [1.29, 1.82) is 0 Å². The number of amides is 1. The quantitative estimate of drug-likeness (QED) is 0.599. The van der Waals surface area contributed by atoms with Crippen molar-refractivity contribution in [2.75, 3.05) is 6.61 Å². The molecule has 1 rings (SSSR count). The fraction of sp³-hybridized carbons (Fsp3) is 0.750. The molecule has 1 amide bonds. The van der Waals surface area contributed by atoms with Crippen LogP contribution in [-0.4, -0.2) is 29.7 Å². The third kappa shape index (κ3) is 3.61. The molecule has 4 nitrogen and oxygen atoms in total. The predicted molar refractivity (Wildman–Crippen MR) is 63.8 cm³/mol. The van der Waals surface area contributed by atoms with Crippen molar-refractivity contribution in [1.82, 2.24) is 5.32 Å². The van der Waals surface area contributed by atoms with Crippen LogP contribution in [0.25, 0.3) is 0 Å². The number of aliphatic hydroxyl groups is 1. The van der Waals surface area contributed by atoms with E-state index in [0.29, 0.717) is 6.42 Å². The molecule has 3 unspecified atom stereocenters. The van der Waals surface area contributed by atoms with Gasteiger partial charge < -0.3 is 16.2 Å². The lowest BCUT2D eigenvalue weighted by atomic mass is 9.85. The second-order valence-corrected chi connectivity index (χ2v) is 4.47. The summed E-state index contributed by atoms with van der Waals surface area (Å²) in [5, 5.41) is 12.2. The van der Waals surface area contributed by atoms with E-state index in [9.17, 15) is 9.90 Å². The first-order valence-corrected chi connectivity index (χ1v) is 5.96. The Hall–Kier alpha value is -0.870. The summed E-state index contributed by atoms with van der Waals surface area (Å²) in [7, 11) is 0. The van der Waals surface area contributed by atoms with Crippen LogP contribution in [0.3, 0.4) is 0 Å². The fourth-order valence-electron chi connectivity index (χ4n) is 2.19. The Kier molecular flexibility index (Phi) is 5.49. The fourth-order valence-corrected chi connectivity index (χ4v) is 2.19. The van der Waals surface area contributed by atoms with E-state index < -0.39 is 6.04 Å². The lowest BCUT2D eigenvalue weighted by Crippen LogP contribution is -2.49. The molecule has 16 heavy (non-hydrogen) atoms. The molecule has 1 saturated carbocycles. The number of carbonyl (C=O) groups excluding carboxylic acids is 1. The largest absolute Gasteiger partial charge is 0.396 e. The minimum atomic E-state index is -0.515. The highest BCUT2D eigenvalue weighted by molar-refractivity contribution is 5.81. The number of aliphatic hydroxyl groups excluding tert-OH is 1. The molecular formula is C12H22N2O2. The summed E-state index contributed by atoms with van der Waals surface area (Å²) < 4.78 is 0. The first-order chi connectivity index (χ1) is 7.69. The number of rotatable bonds is 5. The second kappa shape index (κ2) is 6.66. The van der Waals surface area contributed by atoms with Crippen LogP contribution in [-0.2, 0) is 4.79 Å². The standard InChI is InChI=1S/C12H22N2O2/c1-2-5-10(13)12(16)14-11-7-4-3-6-9(11)8-15/h2,9-11,15H,1,3-8,13H2,(H,14,16). The normalized spacial score (nSPS) is 27.1. The molecule has 1 fully saturated rings. The molecule has 0 aromatic rings. The van der Waals surface area contributed by atoms with Gasteiger partial charge in [0.25, 0.3) is 0 Å². The Bertz CT molecular complexity index is 243. The Labute approximate surface area is 96.9 Å². The Morgan fingerprint density at radius 1 is 1.56 bits per heavy atom. The predicted octanol–water partition coefficient (Wildman–Crippen LogP) is 0.557. The molecule has 0 aromatic carbocycles. The average molecular weight is 226 g/mol. The molecule has 0 spiro atoms. The summed E-state index contributed by atoms with van der Waals surface area (Å²) in [6.07, 6.45) is 6.31. The minimum absolute atomic E-state index is 0.0853. The van der Waals surface area contributed by atoms with Gasteiger partial charge in [0, 0.05) is 18.6 Å². The van der Waals surface area contributed by atoms with Crippen LogP contribution in [0.5, 0.6) is 0 Å². The third-order valence-electron chi connectivity index (χ3n) is 3.23. The molecule has 0 aromatic heterocycles. The van der Waals surface area contributed by atoms with Crippen LogP contribution in [0.4, 0.5) is 0 Å². The van der Waals surface area contributed by atoms with E-state index in [0.717, 1.165) is 25.7 Å². The van der Waals surface area contributed by atoms with Crippen LogP contribution in [0.1, 0.15) is 32.1 Å². The van der Waals surface area contributed by atoms with Gasteiger partial charge in [-0.15, -0.1) is 6.58 Å². The Balaban J connectivity index is 2.44. The van der Waals surface area contributed by atoms with Crippen molar-refractivity contribution in [2.24, 2.45) is 11.7 Å². The van der Waals surface area contributed by atoms with Gasteiger partial charge in [0.1, 0.15) is 0 Å². The number of carbonyl (C=O) groups is 1. The number of nitrogens with two attached hydrogens (primary N) is 1. The van der Waals surface area contributed by atoms with E-state index in [1.165, 1.54) is 0 Å². The monoisotopic (exact) mass is 226 g/mol. The van der Waals surface area contributed by atoms with Gasteiger partial charge in [0.2, 0.25) is 5.91 Å². The van der Waals surface area contributed by atoms with Gasteiger partial charge in [0.05, 0.1) is 6.04 Å². The molecule has 0 saturated heterocycles. The zero-order chi connectivity index (χ0) is 12.0. The maximum atomic E-state index is 11.7. The van der Waals surface area contributed by atoms with Crippen LogP contribution >= 0.6 is 0 Å². The topological polar surface area (TPSA) is 75.4 Å². The zero-order valence-corrected chi connectivity index (χ0v) is 9.69. The minimum Gasteiger partial charge on any atom is -0.396 e. The molecule has 1 aliphatic carbocycles. The van der Waals surface area contributed by atoms with E-state index in [-0.39, 0.29) is 24.5 Å². The van der Waals surface area contributed by atoms with E-state index in [1.54, 1.807) is 6.08 Å². The molecular weight excluding hydrogens is 204 g/mol. The molecule has 0 heterocycles. The van der Waals surface area contributed by atoms with Crippen molar-refractivity contribution < 1.29 is 9.90 Å². The van der Waals surface area contributed by atoms with Gasteiger partial charge in [0.15, 0.2) is 0 Å². The van der Waals surface area contributed by atoms with Gasteiger partial charge in [-0.2, -0.15) is 0 Å². The summed E-state index contributed by atoms with van der Waals surface area (Å²) >= 11 is 0. The first kappa shape index (κ1) is 13.2. The van der Waals surface area contributed by atoms with Crippen molar-refractivity contribution in [2.45, 2.75) is 44.2 Å². The van der Waals surface area contributed by atoms with Crippen LogP contribution < -0.4 is 11.1 Å². The van der Waals surface area contributed by atoms with Gasteiger partial charge >= 0.3 is 0 Å². The third-order valence-corrected chi connectivity index (χ3v) is 3.23. The maximum absolute atomic E-state index is 11.7. The van der Waals surface area contributed by atoms with E-state index in [2.05, 4.69) is 11.9 Å². The number of nitrogens with one attached hydrogen (secondary N) is 1. The molecule has 0 bridgehead atoms. The summed E-state index contributed by atoms with van der Waals surface area (Å²) in [6, 6.07) is -0.430. The van der Waals surface area contributed by atoms with Crippen molar-refractivity contribution in [3.8, 4) is 0 Å². The maximum Gasteiger partial charge on any atom is 0.237 e. The second-order valence-electron chi connectivity index (χ2n) is 4.47. The smallest absolute Gasteiger partial charge is 0.237 e. The molecule has 0 aliphatic heterocycles. The van der Waals surface area contributed by atoms with Gasteiger partial charge in [-0.1, -0.05) is 18.9 Å². The summed E-state index contributed by atoms with van der Waals surface area (Å²) in [5.41, 5.74) is 5.69. The van der Waals surface area contributed by atoms with Crippen molar-refractivity contribution in [3.05, 3.63) is 12.7 Å². The molecule has 0 radical (unpaired) electrons. The van der Waals surface area contributed by atoms with Gasteiger partial charge in [-0.3, -0.25) is 4.79 Å². The van der Waals surface area contributed by atoms with Gasteiger partial charge in [-0.25, -0.2) is 0 Å². The lowest BCUT2D eigenvalue weighted by molar-refractivity contribution is -0.123. The van der Waals surface area contributed by atoms with E-state index in [1.807, 2.05) is 0 Å². The van der Waals surface area contributed by atoms with Crippen LogP contribution in [0.2, 0.25) is 0 Å². The highest BCUT2D eigenvalue weighted by Gasteiger charge is 2.26. The van der Waals surface area contributed by atoms with Crippen molar-refractivity contribution >= 4 is 5.91 Å². The molecule has 92 valence electrons. The van der Waals surface area contributed by atoms with Crippen molar-refractivity contribution in [3.63, 3.8) is 0 Å². The van der Waals surface area contributed by atoms with E-state index in [4.69, 9.17) is 5.73 Å². The van der Waals surface area contributed by atoms with Crippen LogP contribution in [0.15, 0.2) is 12.7 Å². The highest BCUT2D eigenvalue weighted by Crippen LogP contribution is 2.23. The lowest BCUT2D eigenvalue weighted by Gasteiger charge is -2.31. The van der Waals surface area contributed by atoms with Gasteiger partial charge in [-0.05, 0) is 19.3 Å². The summed E-state index contributed by atoms with van der Waals surface area (Å²) in [5.74, 6) is 0.0545. The SMILES string of the molecule is C=CCC(N)C(=O)NC1CCCCC1CO. The average Bonchev–Trinajstić information content (AvgIpc) is 2.30. The molecule has 1 aliphatic rings. The highest BCUT2D eigenvalue weighted by atomic mass is 16.3.